The van der Waals surface area contributed by atoms with Crippen molar-refractivity contribution in [2.45, 2.75) is 20.8 Å². The second kappa shape index (κ2) is 7.83. The van der Waals surface area contributed by atoms with E-state index in [-0.39, 0.29) is 5.91 Å². The lowest BCUT2D eigenvalue weighted by Gasteiger charge is -2.37. The summed E-state index contributed by atoms with van der Waals surface area (Å²) >= 11 is 0. The third kappa shape index (κ3) is 4.47. The Bertz CT molecular complexity index is 994. The van der Waals surface area contributed by atoms with Crippen molar-refractivity contribution in [1.82, 2.24) is 4.90 Å². The molecule has 0 radical (unpaired) electrons. The maximum Gasteiger partial charge on any atom is 0.253 e. The Morgan fingerprint density at radius 2 is 1.64 bits per heavy atom. The fourth-order valence-electron chi connectivity index (χ4n) is 3.52. The fraction of sp³-hybridized carbons (Fsp3) is 0.381. The third-order valence-electron chi connectivity index (χ3n) is 5.25. The second-order valence-corrected chi connectivity index (χ2v) is 9.15. The van der Waals surface area contributed by atoms with Gasteiger partial charge in [0, 0.05) is 37.4 Å². The van der Waals surface area contributed by atoms with Crippen LogP contribution >= 0.6 is 0 Å². The van der Waals surface area contributed by atoms with Crippen LogP contribution in [-0.2, 0) is 10.0 Å². The molecule has 2 aromatic rings. The molecule has 1 heterocycles. The summed E-state index contributed by atoms with van der Waals surface area (Å²) in [6.07, 6.45) is 1.11. The molecule has 1 amide bonds. The quantitative estimate of drug-likeness (QED) is 0.855. The van der Waals surface area contributed by atoms with Crippen LogP contribution in [0.5, 0.6) is 0 Å². The van der Waals surface area contributed by atoms with E-state index in [4.69, 9.17) is 0 Å². The number of hydrogen-bond acceptors (Lipinski definition) is 4. The molecule has 3 rings (SSSR count). The van der Waals surface area contributed by atoms with Gasteiger partial charge in [-0.3, -0.25) is 9.52 Å². The number of anilines is 2. The molecule has 1 N–H and O–H groups in total. The van der Waals surface area contributed by atoms with Gasteiger partial charge in [0.2, 0.25) is 10.0 Å². The van der Waals surface area contributed by atoms with Crippen LogP contribution in [0.4, 0.5) is 11.4 Å². The summed E-state index contributed by atoms with van der Waals surface area (Å²) in [5.74, 6) is -0.0189. The number of nitrogens with zero attached hydrogens (tertiary/aromatic N) is 2. The SMILES string of the molecule is Cc1cc(C(=O)N2CCN(c3cccc(C)c3C)CC2)ccc1NS(C)(=O)=O. The zero-order valence-corrected chi connectivity index (χ0v) is 17.6. The van der Waals surface area contributed by atoms with Crippen molar-refractivity contribution in [2.24, 2.45) is 0 Å². The van der Waals surface area contributed by atoms with Crippen LogP contribution in [0.25, 0.3) is 0 Å². The number of amides is 1. The highest BCUT2D eigenvalue weighted by molar-refractivity contribution is 7.92. The molecule has 1 saturated heterocycles. The molecule has 1 aliphatic rings. The molecule has 0 aromatic heterocycles. The highest BCUT2D eigenvalue weighted by Gasteiger charge is 2.23. The fourth-order valence-corrected chi connectivity index (χ4v) is 4.15. The van der Waals surface area contributed by atoms with E-state index in [2.05, 4.69) is 41.7 Å². The first kappa shape index (κ1) is 20.2. The van der Waals surface area contributed by atoms with Gasteiger partial charge in [-0.15, -0.1) is 0 Å². The predicted octanol–water partition coefficient (Wildman–Crippen LogP) is 2.95. The van der Waals surface area contributed by atoms with Crippen molar-refractivity contribution < 1.29 is 13.2 Å². The lowest BCUT2D eigenvalue weighted by molar-refractivity contribution is 0.0746. The van der Waals surface area contributed by atoms with E-state index in [1.807, 2.05) is 4.90 Å². The average molecular weight is 402 g/mol. The number of carbonyl (C=O) groups excluding carboxylic acids is 1. The topological polar surface area (TPSA) is 69.7 Å². The number of aryl methyl sites for hydroxylation is 2. The second-order valence-electron chi connectivity index (χ2n) is 7.40. The number of benzene rings is 2. The van der Waals surface area contributed by atoms with Crippen molar-refractivity contribution in [3.05, 3.63) is 58.7 Å². The monoisotopic (exact) mass is 401 g/mol. The van der Waals surface area contributed by atoms with Crippen molar-refractivity contribution in [3.8, 4) is 0 Å². The van der Waals surface area contributed by atoms with E-state index < -0.39 is 10.0 Å². The van der Waals surface area contributed by atoms with E-state index in [0.717, 1.165) is 24.9 Å². The minimum absolute atomic E-state index is 0.0189. The Hall–Kier alpha value is -2.54. The van der Waals surface area contributed by atoms with Crippen molar-refractivity contribution in [1.29, 1.82) is 0 Å². The zero-order valence-electron chi connectivity index (χ0n) is 16.8. The Kier molecular flexibility index (Phi) is 5.65. The van der Waals surface area contributed by atoms with Crippen LogP contribution < -0.4 is 9.62 Å². The molecule has 6 nitrogen and oxygen atoms in total. The van der Waals surface area contributed by atoms with Crippen molar-refractivity contribution in [2.75, 3.05) is 42.1 Å². The number of carbonyl (C=O) groups is 1. The van der Waals surface area contributed by atoms with Gasteiger partial charge in [-0.2, -0.15) is 0 Å². The summed E-state index contributed by atoms with van der Waals surface area (Å²) in [7, 11) is -3.34. The Morgan fingerprint density at radius 1 is 0.964 bits per heavy atom. The van der Waals surface area contributed by atoms with Crippen LogP contribution in [0.2, 0.25) is 0 Å². The summed E-state index contributed by atoms with van der Waals surface area (Å²) in [6, 6.07) is 11.4. The number of hydrogen-bond donors (Lipinski definition) is 1. The molecule has 0 bridgehead atoms. The Morgan fingerprint density at radius 3 is 2.25 bits per heavy atom. The number of rotatable bonds is 4. The molecule has 0 saturated carbocycles. The summed E-state index contributed by atoms with van der Waals surface area (Å²) < 4.78 is 25.3. The van der Waals surface area contributed by atoms with Crippen LogP contribution in [-0.4, -0.2) is 51.7 Å². The van der Waals surface area contributed by atoms with Crippen molar-refractivity contribution >= 4 is 27.3 Å². The minimum atomic E-state index is -3.34. The largest absolute Gasteiger partial charge is 0.368 e. The molecule has 0 unspecified atom stereocenters. The van der Waals surface area contributed by atoms with Gasteiger partial charge in [0.15, 0.2) is 0 Å². The molecule has 1 fully saturated rings. The normalized spacial score (nSPS) is 14.9. The van der Waals surface area contributed by atoms with Gasteiger partial charge in [-0.05, 0) is 61.7 Å². The Labute approximate surface area is 167 Å². The smallest absolute Gasteiger partial charge is 0.253 e. The van der Waals surface area contributed by atoms with Crippen molar-refractivity contribution in [3.63, 3.8) is 0 Å². The number of nitrogens with one attached hydrogen (secondary N) is 1. The highest BCUT2D eigenvalue weighted by atomic mass is 32.2. The lowest BCUT2D eigenvalue weighted by Crippen LogP contribution is -2.49. The molecule has 28 heavy (non-hydrogen) atoms. The van der Waals surface area contributed by atoms with Crippen LogP contribution in [0.3, 0.4) is 0 Å². The van der Waals surface area contributed by atoms with Gasteiger partial charge in [-0.25, -0.2) is 8.42 Å². The van der Waals surface area contributed by atoms with E-state index in [0.29, 0.717) is 24.3 Å². The lowest BCUT2D eigenvalue weighted by atomic mass is 10.1. The first-order chi connectivity index (χ1) is 13.2. The zero-order chi connectivity index (χ0) is 20.5. The van der Waals surface area contributed by atoms with Crippen LogP contribution in [0.15, 0.2) is 36.4 Å². The standard InChI is InChI=1S/C21H27N3O3S/c1-15-6-5-7-20(17(15)3)23-10-12-24(13-11-23)21(25)18-8-9-19(16(2)14-18)22-28(4,26)27/h5-9,14,22H,10-13H2,1-4H3. The maximum absolute atomic E-state index is 12.9. The van der Waals surface area contributed by atoms with Crippen LogP contribution in [0.1, 0.15) is 27.0 Å². The molecule has 0 aliphatic carbocycles. The molecule has 150 valence electrons. The molecule has 7 heteroatoms. The molecular formula is C21H27N3O3S. The summed E-state index contributed by atoms with van der Waals surface area (Å²) in [5.41, 5.74) is 5.60. The van der Waals surface area contributed by atoms with Gasteiger partial charge in [0.1, 0.15) is 0 Å². The summed E-state index contributed by atoms with van der Waals surface area (Å²) in [4.78, 5) is 17.1. The van der Waals surface area contributed by atoms with Gasteiger partial charge in [-0.1, -0.05) is 12.1 Å². The number of sulfonamides is 1. The minimum Gasteiger partial charge on any atom is -0.368 e. The highest BCUT2D eigenvalue weighted by Crippen LogP contribution is 2.25. The maximum atomic E-state index is 12.9. The summed E-state index contributed by atoms with van der Waals surface area (Å²) in [6.45, 7) is 8.96. The Balaban J connectivity index is 1.68. The molecule has 1 aliphatic heterocycles. The molecule has 0 atom stereocenters. The predicted molar refractivity (Wildman–Crippen MR) is 114 cm³/mol. The average Bonchev–Trinajstić information content (AvgIpc) is 2.64. The number of piperazine rings is 1. The molecule has 0 spiro atoms. The van der Waals surface area contributed by atoms with E-state index in [9.17, 15) is 13.2 Å². The van der Waals surface area contributed by atoms with Gasteiger partial charge >= 0.3 is 0 Å². The van der Waals surface area contributed by atoms with E-state index in [1.54, 1.807) is 25.1 Å². The van der Waals surface area contributed by atoms with E-state index in [1.165, 1.54) is 16.8 Å². The first-order valence-electron chi connectivity index (χ1n) is 9.34. The van der Waals surface area contributed by atoms with E-state index >= 15 is 0 Å². The summed E-state index contributed by atoms with van der Waals surface area (Å²) in [5, 5.41) is 0. The first-order valence-corrected chi connectivity index (χ1v) is 11.2. The van der Waals surface area contributed by atoms with Gasteiger partial charge < -0.3 is 9.80 Å². The van der Waals surface area contributed by atoms with Crippen LogP contribution in [0, 0.1) is 20.8 Å². The molecular weight excluding hydrogens is 374 g/mol. The van der Waals surface area contributed by atoms with Gasteiger partial charge in [0.25, 0.3) is 5.91 Å². The molecule has 2 aromatic carbocycles. The van der Waals surface area contributed by atoms with Gasteiger partial charge in [0.05, 0.1) is 11.9 Å². The third-order valence-corrected chi connectivity index (χ3v) is 5.84.